The Morgan fingerprint density at radius 1 is 1.29 bits per heavy atom. The van der Waals surface area contributed by atoms with Crippen LogP contribution in [0.4, 0.5) is 27.2 Å². The second-order valence-electron chi connectivity index (χ2n) is 9.03. The molecule has 34 heavy (non-hydrogen) atoms. The molecule has 2 atom stereocenters. The highest BCUT2D eigenvalue weighted by Crippen LogP contribution is 2.39. The van der Waals surface area contributed by atoms with E-state index in [1.807, 2.05) is 0 Å². The van der Waals surface area contributed by atoms with Crippen molar-refractivity contribution in [1.29, 1.82) is 0 Å². The predicted molar refractivity (Wildman–Crippen MR) is 113 cm³/mol. The Kier molecular flexibility index (Phi) is 6.79. The van der Waals surface area contributed by atoms with E-state index in [-0.39, 0.29) is 30.2 Å². The summed E-state index contributed by atoms with van der Waals surface area (Å²) in [6.45, 7) is 1.22. The summed E-state index contributed by atoms with van der Waals surface area (Å²) in [4.78, 5) is 29.0. The van der Waals surface area contributed by atoms with Gasteiger partial charge in [-0.15, -0.1) is 13.2 Å². The number of halogens is 4. The van der Waals surface area contributed by atoms with Crippen molar-refractivity contribution in [2.24, 2.45) is 0 Å². The lowest BCUT2D eigenvalue weighted by Gasteiger charge is -2.47. The molecule has 2 aliphatic heterocycles. The number of benzene rings is 1. The molecule has 0 bridgehead atoms. The molecule has 2 heterocycles. The third-order valence-electron chi connectivity index (χ3n) is 6.46. The predicted octanol–water partition coefficient (Wildman–Crippen LogP) is 3.36. The van der Waals surface area contributed by atoms with Crippen molar-refractivity contribution >= 4 is 12.1 Å². The summed E-state index contributed by atoms with van der Waals surface area (Å²) >= 11 is 0. The minimum atomic E-state index is -4.92. The molecule has 4 rings (SSSR count). The quantitative estimate of drug-likeness (QED) is 0.623. The first-order valence-electron chi connectivity index (χ1n) is 11.3. The highest BCUT2D eigenvalue weighted by Gasteiger charge is 2.49. The van der Waals surface area contributed by atoms with Crippen LogP contribution >= 0.6 is 0 Å². The highest BCUT2D eigenvalue weighted by molar-refractivity contribution is 5.76. The van der Waals surface area contributed by atoms with Crippen LogP contribution in [0.15, 0.2) is 18.2 Å². The number of likely N-dealkylation sites (tertiary alicyclic amines) is 1. The van der Waals surface area contributed by atoms with Gasteiger partial charge in [-0.3, -0.25) is 0 Å². The third-order valence-corrected chi connectivity index (χ3v) is 6.46. The van der Waals surface area contributed by atoms with Crippen molar-refractivity contribution in [2.45, 2.75) is 62.7 Å². The zero-order valence-corrected chi connectivity index (χ0v) is 18.8. The number of piperidine rings is 1. The summed E-state index contributed by atoms with van der Waals surface area (Å²) < 4.78 is 61.1. The van der Waals surface area contributed by atoms with Crippen LogP contribution in [0.2, 0.25) is 0 Å². The summed E-state index contributed by atoms with van der Waals surface area (Å²) in [7, 11) is 1.55. The minimum Gasteiger partial charge on any atom is -0.406 e. The van der Waals surface area contributed by atoms with Crippen LogP contribution in [0.25, 0.3) is 0 Å². The van der Waals surface area contributed by atoms with Gasteiger partial charge in [-0.2, -0.15) is 0 Å². The van der Waals surface area contributed by atoms with Crippen molar-refractivity contribution in [1.82, 2.24) is 20.4 Å². The molecule has 2 unspecified atom stereocenters. The largest absolute Gasteiger partial charge is 0.573 e. The monoisotopic (exact) mass is 488 g/mol. The number of nitrogens with zero attached hydrogens (tertiary/aromatic N) is 2. The van der Waals surface area contributed by atoms with E-state index in [0.717, 1.165) is 37.8 Å². The number of carbonyl (C=O) groups is 2. The van der Waals surface area contributed by atoms with E-state index in [1.165, 1.54) is 0 Å². The second-order valence-corrected chi connectivity index (χ2v) is 9.03. The van der Waals surface area contributed by atoms with Crippen LogP contribution in [0.5, 0.6) is 5.75 Å². The number of rotatable bonds is 5. The van der Waals surface area contributed by atoms with Crippen molar-refractivity contribution in [3.63, 3.8) is 0 Å². The molecular weight excluding hydrogens is 460 g/mol. The Bertz CT molecular complexity index is 919. The molecule has 2 saturated heterocycles. The van der Waals surface area contributed by atoms with Crippen LogP contribution in [0.3, 0.4) is 0 Å². The average Bonchev–Trinajstić information content (AvgIpc) is 3.50. The molecule has 0 radical (unpaired) electrons. The van der Waals surface area contributed by atoms with Gasteiger partial charge in [-0.25, -0.2) is 14.0 Å². The molecule has 1 aromatic rings. The van der Waals surface area contributed by atoms with Gasteiger partial charge in [-0.05, 0) is 31.7 Å². The summed E-state index contributed by atoms with van der Waals surface area (Å²) in [6.07, 6.45) is -0.977. The Balaban J connectivity index is 1.45. The SMILES string of the molecule is CNC(=O)N1CC(N(C(=O)NCc2ccc(OC(F)(F)F)cc2F)C2CC2)CC2(CCCO2)C1. The van der Waals surface area contributed by atoms with Crippen LogP contribution in [-0.4, -0.2) is 72.7 Å². The van der Waals surface area contributed by atoms with Gasteiger partial charge in [0, 0.05) is 50.8 Å². The molecule has 0 aromatic heterocycles. The van der Waals surface area contributed by atoms with Gasteiger partial charge in [0.15, 0.2) is 0 Å². The van der Waals surface area contributed by atoms with Crippen molar-refractivity contribution in [2.75, 3.05) is 26.7 Å². The van der Waals surface area contributed by atoms with Gasteiger partial charge in [-0.1, -0.05) is 6.07 Å². The first-order valence-corrected chi connectivity index (χ1v) is 11.3. The molecule has 12 heteroatoms. The number of carbonyl (C=O) groups excluding carboxylic acids is 2. The van der Waals surface area contributed by atoms with E-state index >= 15 is 0 Å². The van der Waals surface area contributed by atoms with Gasteiger partial charge in [0.1, 0.15) is 11.6 Å². The van der Waals surface area contributed by atoms with Gasteiger partial charge in [0.25, 0.3) is 0 Å². The van der Waals surface area contributed by atoms with Crippen molar-refractivity contribution < 1.29 is 36.6 Å². The number of nitrogens with one attached hydrogen (secondary N) is 2. The Labute approximate surface area is 194 Å². The van der Waals surface area contributed by atoms with E-state index in [1.54, 1.807) is 16.8 Å². The standard InChI is InChI=1S/C22H28F4N4O4/c1-27-19(31)29-12-16(10-21(13-29)7-2-8-33-21)30(15-4-5-15)20(32)28-11-14-3-6-17(9-18(14)23)34-22(24,25)26/h3,6,9,15-16H,2,4-5,7-8,10-13H2,1H3,(H,27,31)(H,28,32). The van der Waals surface area contributed by atoms with Crippen LogP contribution in [0.1, 0.15) is 37.7 Å². The Morgan fingerprint density at radius 2 is 2.06 bits per heavy atom. The fourth-order valence-electron chi connectivity index (χ4n) is 4.88. The molecule has 1 saturated carbocycles. The maximum absolute atomic E-state index is 14.3. The lowest BCUT2D eigenvalue weighted by molar-refractivity contribution is -0.274. The smallest absolute Gasteiger partial charge is 0.406 e. The molecule has 8 nitrogen and oxygen atoms in total. The number of alkyl halides is 3. The lowest BCUT2D eigenvalue weighted by atomic mass is 9.86. The van der Waals surface area contributed by atoms with E-state index < -0.39 is 29.6 Å². The average molecular weight is 488 g/mol. The zero-order valence-electron chi connectivity index (χ0n) is 18.8. The molecule has 1 aliphatic carbocycles. The Hall–Kier alpha value is -2.76. The first-order chi connectivity index (χ1) is 16.1. The van der Waals surface area contributed by atoms with Crippen LogP contribution in [0, 0.1) is 5.82 Å². The van der Waals surface area contributed by atoms with Gasteiger partial charge >= 0.3 is 18.4 Å². The van der Waals surface area contributed by atoms with Crippen molar-refractivity contribution in [3.8, 4) is 5.75 Å². The van der Waals surface area contributed by atoms with Gasteiger partial charge in [0.05, 0.1) is 18.2 Å². The molecule has 4 amide bonds. The summed E-state index contributed by atoms with van der Waals surface area (Å²) in [6, 6.07) is 1.88. The van der Waals surface area contributed by atoms with Gasteiger partial charge in [0.2, 0.25) is 0 Å². The van der Waals surface area contributed by atoms with E-state index in [2.05, 4.69) is 15.4 Å². The highest BCUT2D eigenvalue weighted by atomic mass is 19.4. The van der Waals surface area contributed by atoms with E-state index in [9.17, 15) is 27.2 Å². The summed E-state index contributed by atoms with van der Waals surface area (Å²) in [5.41, 5.74) is -0.464. The zero-order chi connectivity index (χ0) is 24.5. The van der Waals surface area contributed by atoms with Gasteiger partial charge < -0.3 is 29.9 Å². The molecule has 3 aliphatic rings. The maximum atomic E-state index is 14.3. The summed E-state index contributed by atoms with van der Waals surface area (Å²) in [5, 5.41) is 5.32. The molecule has 1 aromatic carbocycles. The molecule has 188 valence electrons. The Morgan fingerprint density at radius 3 is 2.65 bits per heavy atom. The second kappa shape index (κ2) is 9.47. The maximum Gasteiger partial charge on any atom is 0.573 e. The molecule has 3 fully saturated rings. The lowest BCUT2D eigenvalue weighted by Crippen LogP contribution is -2.62. The van der Waals surface area contributed by atoms with E-state index in [0.29, 0.717) is 32.2 Å². The van der Waals surface area contributed by atoms with Crippen molar-refractivity contribution in [3.05, 3.63) is 29.6 Å². The minimum absolute atomic E-state index is 0.0144. The first kappa shape index (κ1) is 24.4. The fraction of sp³-hybridized carbons (Fsp3) is 0.636. The normalized spacial score (nSPS) is 24.7. The number of hydrogen-bond acceptors (Lipinski definition) is 4. The molecular formula is C22H28F4N4O4. The number of urea groups is 2. The third kappa shape index (κ3) is 5.65. The summed E-state index contributed by atoms with van der Waals surface area (Å²) in [5.74, 6) is -1.58. The number of hydrogen-bond donors (Lipinski definition) is 2. The molecule has 1 spiro atoms. The van der Waals surface area contributed by atoms with E-state index in [4.69, 9.17) is 4.74 Å². The number of ether oxygens (including phenoxy) is 2. The van der Waals surface area contributed by atoms with Crippen LogP contribution in [-0.2, 0) is 11.3 Å². The fourth-order valence-corrected chi connectivity index (χ4v) is 4.88. The topological polar surface area (TPSA) is 83.1 Å². The van der Waals surface area contributed by atoms with Crippen LogP contribution < -0.4 is 15.4 Å². The molecule has 2 N–H and O–H groups in total. The number of amides is 4.